The monoisotopic (exact) mass is 304 g/mol. The average Bonchev–Trinajstić information content (AvgIpc) is 3.08. The minimum absolute atomic E-state index is 0.238. The lowest BCUT2D eigenvalue weighted by atomic mass is 9.86. The van der Waals surface area contributed by atoms with Crippen molar-refractivity contribution in [2.45, 2.75) is 19.4 Å². The van der Waals surface area contributed by atoms with Gasteiger partial charge in [0.05, 0.1) is 6.10 Å². The number of aliphatic hydroxyl groups is 1. The summed E-state index contributed by atoms with van der Waals surface area (Å²) < 4.78 is 0. The van der Waals surface area contributed by atoms with Crippen molar-refractivity contribution in [3.63, 3.8) is 0 Å². The summed E-state index contributed by atoms with van der Waals surface area (Å²) in [7, 11) is 0. The van der Waals surface area contributed by atoms with Gasteiger partial charge in [-0.15, -0.1) is 0 Å². The second-order valence-electron chi connectivity index (χ2n) is 5.70. The highest BCUT2D eigenvalue weighted by Crippen LogP contribution is 2.35. The van der Waals surface area contributed by atoms with Crippen molar-refractivity contribution in [3.05, 3.63) is 95.1 Å². The van der Waals surface area contributed by atoms with Gasteiger partial charge in [-0.05, 0) is 53.3 Å². The van der Waals surface area contributed by atoms with E-state index in [9.17, 15) is 10.2 Å². The van der Waals surface area contributed by atoms with Gasteiger partial charge in [-0.2, -0.15) is 0 Å². The van der Waals surface area contributed by atoms with Crippen LogP contribution in [0, 0.1) is 0 Å². The zero-order valence-electron chi connectivity index (χ0n) is 13.1. The smallest absolute Gasteiger partial charge is 0.115 e. The van der Waals surface area contributed by atoms with Crippen molar-refractivity contribution in [3.8, 4) is 5.75 Å². The molecule has 23 heavy (non-hydrogen) atoms. The second kappa shape index (κ2) is 6.67. The Balaban J connectivity index is 2.25. The Morgan fingerprint density at radius 1 is 0.957 bits per heavy atom. The number of rotatable bonds is 4. The molecule has 0 aromatic heterocycles. The number of phenols is 1. The third-order valence-corrected chi connectivity index (χ3v) is 4.02. The lowest BCUT2D eigenvalue weighted by molar-refractivity contribution is 0.234. The molecule has 0 bridgehead atoms. The molecular formula is C21H20O2. The zero-order chi connectivity index (χ0) is 16.2. The van der Waals surface area contributed by atoms with Crippen LogP contribution in [0.3, 0.4) is 0 Å². The van der Waals surface area contributed by atoms with Crippen LogP contribution in [0.15, 0.2) is 84.0 Å². The van der Waals surface area contributed by atoms with Gasteiger partial charge in [0, 0.05) is 0 Å². The van der Waals surface area contributed by atoms with Crippen LogP contribution in [0.25, 0.3) is 5.57 Å². The Bertz CT molecular complexity index is 763. The van der Waals surface area contributed by atoms with Crippen LogP contribution in [0.5, 0.6) is 5.75 Å². The van der Waals surface area contributed by atoms with Gasteiger partial charge in [-0.25, -0.2) is 0 Å². The summed E-state index contributed by atoms with van der Waals surface area (Å²) in [6.07, 6.45) is 6.43. The quantitative estimate of drug-likeness (QED) is 0.875. The van der Waals surface area contributed by atoms with Crippen LogP contribution in [0.4, 0.5) is 0 Å². The van der Waals surface area contributed by atoms with Crippen molar-refractivity contribution >= 4 is 5.57 Å². The molecule has 0 fully saturated rings. The van der Waals surface area contributed by atoms with Crippen LogP contribution in [-0.4, -0.2) is 16.3 Å². The fourth-order valence-electron chi connectivity index (χ4n) is 3.00. The van der Waals surface area contributed by atoms with E-state index in [0.29, 0.717) is 0 Å². The lowest BCUT2D eigenvalue weighted by Crippen LogP contribution is -2.10. The van der Waals surface area contributed by atoms with Crippen LogP contribution in [0.1, 0.15) is 24.5 Å². The van der Waals surface area contributed by atoms with Gasteiger partial charge in [0.25, 0.3) is 0 Å². The Morgan fingerprint density at radius 2 is 1.61 bits per heavy atom. The molecule has 0 amide bonds. The largest absolute Gasteiger partial charge is 0.508 e. The molecule has 0 saturated heterocycles. The van der Waals surface area contributed by atoms with Gasteiger partial charge in [0.15, 0.2) is 0 Å². The third kappa shape index (κ3) is 3.27. The predicted octanol–water partition coefficient (Wildman–Crippen LogP) is 4.46. The molecule has 0 saturated carbocycles. The first-order valence-corrected chi connectivity index (χ1v) is 7.80. The van der Waals surface area contributed by atoms with Crippen molar-refractivity contribution in [1.82, 2.24) is 0 Å². The van der Waals surface area contributed by atoms with Gasteiger partial charge in [-0.3, -0.25) is 0 Å². The fourth-order valence-corrected chi connectivity index (χ4v) is 3.00. The predicted molar refractivity (Wildman–Crippen MR) is 94.1 cm³/mol. The molecular weight excluding hydrogens is 284 g/mol. The van der Waals surface area contributed by atoms with Crippen LogP contribution >= 0.6 is 0 Å². The van der Waals surface area contributed by atoms with Gasteiger partial charge >= 0.3 is 0 Å². The molecule has 3 rings (SSSR count). The summed E-state index contributed by atoms with van der Waals surface area (Å²) in [6.45, 7) is 1.80. The molecule has 0 aliphatic heterocycles. The third-order valence-electron chi connectivity index (χ3n) is 4.02. The van der Waals surface area contributed by atoms with Gasteiger partial charge in [-0.1, -0.05) is 60.7 Å². The van der Waals surface area contributed by atoms with E-state index in [1.54, 1.807) is 19.1 Å². The molecule has 2 aromatic rings. The van der Waals surface area contributed by atoms with E-state index in [-0.39, 0.29) is 5.75 Å². The number of aliphatic hydroxyl groups excluding tert-OH is 1. The average molecular weight is 304 g/mol. The molecule has 1 aliphatic carbocycles. The van der Waals surface area contributed by atoms with E-state index in [0.717, 1.165) is 34.3 Å². The first-order chi connectivity index (χ1) is 11.2. The number of benzene rings is 2. The Morgan fingerprint density at radius 3 is 2.17 bits per heavy atom. The first kappa shape index (κ1) is 15.3. The standard InChI is InChI=1S/C21H20O2/c1-15(22)20(16-9-5-6-10-16)21(17-7-3-2-4-8-17)18-11-13-19(23)14-12-18/h2-9,11-15,22-23H,10H2,1H3/b21-20+. The summed E-state index contributed by atoms with van der Waals surface area (Å²) >= 11 is 0. The van der Waals surface area contributed by atoms with Crippen molar-refractivity contribution in [2.24, 2.45) is 0 Å². The SMILES string of the molecule is CC(O)/C(C1=CC=CC1)=C(/c1ccccc1)c1ccc(O)cc1. The minimum atomic E-state index is -0.579. The van der Waals surface area contributed by atoms with E-state index in [1.165, 1.54) is 0 Å². The Kier molecular flexibility index (Phi) is 4.45. The molecule has 1 unspecified atom stereocenters. The zero-order valence-corrected chi connectivity index (χ0v) is 13.1. The minimum Gasteiger partial charge on any atom is -0.508 e. The maximum Gasteiger partial charge on any atom is 0.115 e. The maximum atomic E-state index is 10.4. The van der Waals surface area contributed by atoms with Gasteiger partial charge in [0.1, 0.15) is 5.75 Å². The van der Waals surface area contributed by atoms with Gasteiger partial charge < -0.3 is 10.2 Å². The molecule has 2 nitrogen and oxygen atoms in total. The maximum absolute atomic E-state index is 10.4. The van der Waals surface area contributed by atoms with E-state index >= 15 is 0 Å². The highest BCUT2D eigenvalue weighted by atomic mass is 16.3. The second-order valence-corrected chi connectivity index (χ2v) is 5.70. The van der Waals surface area contributed by atoms with Crippen LogP contribution < -0.4 is 0 Å². The van der Waals surface area contributed by atoms with Crippen molar-refractivity contribution in [2.75, 3.05) is 0 Å². The molecule has 0 spiro atoms. The highest BCUT2D eigenvalue weighted by Gasteiger charge is 2.20. The van der Waals surface area contributed by atoms with E-state index < -0.39 is 6.10 Å². The summed E-state index contributed by atoms with van der Waals surface area (Å²) in [5.74, 6) is 0.238. The van der Waals surface area contributed by atoms with Crippen molar-refractivity contribution < 1.29 is 10.2 Å². The van der Waals surface area contributed by atoms with Crippen LogP contribution in [0.2, 0.25) is 0 Å². The fraction of sp³-hybridized carbons (Fsp3) is 0.143. The molecule has 2 N–H and O–H groups in total. The molecule has 116 valence electrons. The molecule has 0 heterocycles. The summed E-state index contributed by atoms with van der Waals surface area (Å²) in [6, 6.07) is 17.2. The first-order valence-electron chi connectivity index (χ1n) is 7.80. The Labute approximate surface area is 136 Å². The number of hydrogen-bond donors (Lipinski definition) is 2. The van der Waals surface area contributed by atoms with Crippen LogP contribution in [-0.2, 0) is 0 Å². The number of hydrogen-bond acceptors (Lipinski definition) is 2. The number of allylic oxidation sites excluding steroid dienone is 3. The lowest BCUT2D eigenvalue weighted by Gasteiger charge is -2.20. The topological polar surface area (TPSA) is 40.5 Å². The summed E-state index contributed by atoms with van der Waals surface area (Å²) in [5, 5.41) is 20.0. The summed E-state index contributed by atoms with van der Waals surface area (Å²) in [5.41, 5.74) is 5.12. The molecule has 2 heteroatoms. The number of phenolic OH excluding ortho intramolecular Hbond substituents is 1. The van der Waals surface area contributed by atoms with E-state index in [1.807, 2.05) is 48.5 Å². The van der Waals surface area contributed by atoms with Gasteiger partial charge in [0.2, 0.25) is 0 Å². The highest BCUT2D eigenvalue weighted by molar-refractivity contribution is 5.85. The Hall–Kier alpha value is -2.58. The molecule has 0 radical (unpaired) electrons. The molecule has 1 aliphatic rings. The van der Waals surface area contributed by atoms with Crippen molar-refractivity contribution in [1.29, 1.82) is 0 Å². The summed E-state index contributed by atoms with van der Waals surface area (Å²) in [4.78, 5) is 0. The molecule has 2 aromatic carbocycles. The van der Waals surface area contributed by atoms with E-state index in [4.69, 9.17) is 0 Å². The molecule has 1 atom stereocenters. The normalized spacial score (nSPS) is 16.0. The number of aromatic hydroxyl groups is 1. The van der Waals surface area contributed by atoms with E-state index in [2.05, 4.69) is 12.2 Å².